The number of anilines is 1. The summed E-state index contributed by atoms with van der Waals surface area (Å²) in [5.41, 5.74) is 1.44. The van der Waals surface area contributed by atoms with Crippen LogP contribution in [0.5, 0.6) is 5.75 Å². The predicted octanol–water partition coefficient (Wildman–Crippen LogP) is 2.69. The van der Waals surface area contributed by atoms with Crippen LogP contribution in [0.15, 0.2) is 47.6 Å². The Bertz CT molecular complexity index is 570. The SMILES string of the molecule is CSc1ccc(NC(=O)Cc2cccc(O)c2)cn1. The summed E-state index contributed by atoms with van der Waals surface area (Å²) >= 11 is 1.55. The maximum absolute atomic E-state index is 11.8. The Labute approximate surface area is 115 Å². The minimum Gasteiger partial charge on any atom is -0.508 e. The van der Waals surface area contributed by atoms with Gasteiger partial charge in [0.15, 0.2) is 0 Å². The lowest BCUT2D eigenvalue weighted by Gasteiger charge is -2.05. The van der Waals surface area contributed by atoms with Gasteiger partial charge in [0.05, 0.1) is 23.3 Å². The summed E-state index contributed by atoms with van der Waals surface area (Å²) < 4.78 is 0. The zero-order chi connectivity index (χ0) is 13.7. The molecular formula is C14H14N2O2S. The first-order valence-electron chi connectivity index (χ1n) is 5.75. The third-order valence-corrected chi connectivity index (χ3v) is 3.16. The third-order valence-electron chi connectivity index (χ3n) is 2.50. The number of carbonyl (C=O) groups is 1. The summed E-state index contributed by atoms with van der Waals surface area (Å²) in [5.74, 6) is 0.0283. The van der Waals surface area contributed by atoms with Crippen LogP contribution in [0.3, 0.4) is 0 Å². The first-order valence-corrected chi connectivity index (χ1v) is 6.97. The van der Waals surface area contributed by atoms with E-state index in [1.165, 1.54) is 0 Å². The van der Waals surface area contributed by atoms with E-state index in [0.717, 1.165) is 10.6 Å². The van der Waals surface area contributed by atoms with E-state index in [1.54, 1.807) is 42.2 Å². The van der Waals surface area contributed by atoms with E-state index < -0.39 is 0 Å². The molecule has 0 spiro atoms. The monoisotopic (exact) mass is 274 g/mol. The van der Waals surface area contributed by atoms with Crippen molar-refractivity contribution in [2.24, 2.45) is 0 Å². The first kappa shape index (κ1) is 13.4. The highest BCUT2D eigenvalue weighted by Gasteiger charge is 2.05. The summed E-state index contributed by atoms with van der Waals surface area (Å²) in [7, 11) is 0. The van der Waals surface area contributed by atoms with Crippen molar-refractivity contribution in [3.8, 4) is 5.75 Å². The number of benzene rings is 1. The lowest BCUT2D eigenvalue weighted by atomic mass is 10.1. The number of phenols is 1. The number of thioether (sulfide) groups is 1. The Balaban J connectivity index is 1.97. The maximum Gasteiger partial charge on any atom is 0.228 e. The van der Waals surface area contributed by atoms with Crippen molar-refractivity contribution in [2.75, 3.05) is 11.6 Å². The quantitative estimate of drug-likeness (QED) is 0.841. The molecule has 0 unspecified atom stereocenters. The molecule has 2 aromatic rings. The highest BCUT2D eigenvalue weighted by atomic mass is 32.2. The third kappa shape index (κ3) is 3.99. The van der Waals surface area contributed by atoms with Crippen molar-refractivity contribution >= 4 is 23.4 Å². The van der Waals surface area contributed by atoms with Crippen molar-refractivity contribution in [3.05, 3.63) is 48.2 Å². The second kappa shape index (κ2) is 6.24. The fourth-order valence-electron chi connectivity index (χ4n) is 1.63. The molecular weight excluding hydrogens is 260 g/mol. The Morgan fingerprint density at radius 3 is 2.84 bits per heavy atom. The van der Waals surface area contributed by atoms with Crippen molar-refractivity contribution in [2.45, 2.75) is 11.4 Å². The number of aromatic nitrogens is 1. The molecule has 19 heavy (non-hydrogen) atoms. The second-order valence-corrected chi connectivity index (χ2v) is 4.81. The minimum atomic E-state index is -0.135. The van der Waals surface area contributed by atoms with E-state index in [9.17, 15) is 9.90 Å². The first-order chi connectivity index (χ1) is 9.17. The van der Waals surface area contributed by atoms with Gasteiger partial charge < -0.3 is 10.4 Å². The van der Waals surface area contributed by atoms with E-state index in [2.05, 4.69) is 10.3 Å². The van der Waals surface area contributed by atoms with Gasteiger partial charge in [0, 0.05) is 0 Å². The van der Waals surface area contributed by atoms with Gasteiger partial charge in [0.25, 0.3) is 0 Å². The van der Waals surface area contributed by atoms with Crippen LogP contribution in [0.1, 0.15) is 5.56 Å². The summed E-state index contributed by atoms with van der Waals surface area (Å²) in [4.78, 5) is 16.0. The Morgan fingerprint density at radius 1 is 1.37 bits per heavy atom. The van der Waals surface area contributed by atoms with Crippen LogP contribution in [-0.2, 0) is 11.2 Å². The molecule has 0 aliphatic rings. The van der Waals surface area contributed by atoms with Gasteiger partial charge in [0.1, 0.15) is 5.75 Å². The molecule has 0 saturated heterocycles. The molecule has 0 radical (unpaired) electrons. The Morgan fingerprint density at radius 2 is 2.21 bits per heavy atom. The maximum atomic E-state index is 11.8. The zero-order valence-electron chi connectivity index (χ0n) is 10.5. The molecule has 0 atom stereocenters. The van der Waals surface area contributed by atoms with Crippen LogP contribution >= 0.6 is 11.8 Å². The van der Waals surface area contributed by atoms with Gasteiger partial charge in [-0.25, -0.2) is 4.98 Å². The van der Waals surface area contributed by atoms with Crippen LogP contribution in [0.4, 0.5) is 5.69 Å². The lowest BCUT2D eigenvalue weighted by molar-refractivity contribution is -0.115. The molecule has 1 aromatic carbocycles. The van der Waals surface area contributed by atoms with Gasteiger partial charge in [-0.1, -0.05) is 12.1 Å². The zero-order valence-corrected chi connectivity index (χ0v) is 11.3. The molecule has 0 fully saturated rings. The van der Waals surface area contributed by atoms with Gasteiger partial charge in [-0.15, -0.1) is 11.8 Å². The average Bonchev–Trinajstić information content (AvgIpc) is 2.39. The molecule has 0 aliphatic carbocycles. The van der Waals surface area contributed by atoms with E-state index in [4.69, 9.17) is 0 Å². The minimum absolute atomic E-state index is 0.135. The summed E-state index contributed by atoms with van der Waals surface area (Å²) in [6.07, 6.45) is 3.80. The van der Waals surface area contributed by atoms with Crippen molar-refractivity contribution in [1.82, 2.24) is 4.98 Å². The van der Waals surface area contributed by atoms with E-state index in [-0.39, 0.29) is 18.1 Å². The second-order valence-electron chi connectivity index (χ2n) is 3.98. The topological polar surface area (TPSA) is 62.2 Å². The molecule has 1 aromatic heterocycles. The smallest absolute Gasteiger partial charge is 0.228 e. The molecule has 0 aliphatic heterocycles. The Hall–Kier alpha value is -2.01. The predicted molar refractivity (Wildman–Crippen MR) is 76.5 cm³/mol. The molecule has 98 valence electrons. The molecule has 5 heteroatoms. The number of hydrogen-bond donors (Lipinski definition) is 2. The van der Waals surface area contributed by atoms with Crippen LogP contribution < -0.4 is 5.32 Å². The number of rotatable bonds is 4. The van der Waals surface area contributed by atoms with Crippen molar-refractivity contribution in [1.29, 1.82) is 0 Å². The van der Waals surface area contributed by atoms with Gasteiger partial charge in [0.2, 0.25) is 5.91 Å². The molecule has 1 amide bonds. The fraction of sp³-hybridized carbons (Fsp3) is 0.143. The summed E-state index contributed by atoms with van der Waals surface area (Å²) in [6.45, 7) is 0. The normalized spacial score (nSPS) is 10.2. The molecule has 2 N–H and O–H groups in total. The number of pyridine rings is 1. The van der Waals surface area contributed by atoms with Crippen LogP contribution in [-0.4, -0.2) is 22.3 Å². The summed E-state index contributed by atoms with van der Waals surface area (Å²) in [5, 5.41) is 13.0. The Kier molecular flexibility index (Phi) is 4.41. The molecule has 0 bridgehead atoms. The molecule has 1 heterocycles. The number of amides is 1. The summed E-state index contributed by atoms with van der Waals surface area (Å²) in [6, 6.07) is 10.3. The number of hydrogen-bond acceptors (Lipinski definition) is 4. The molecule has 0 saturated carbocycles. The van der Waals surface area contributed by atoms with Gasteiger partial charge in [-0.2, -0.15) is 0 Å². The molecule has 2 rings (SSSR count). The van der Waals surface area contributed by atoms with E-state index >= 15 is 0 Å². The van der Waals surface area contributed by atoms with Crippen molar-refractivity contribution < 1.29 is 9.90 Å². The number of nitrogens with zero attached hydrogens (tertiary/aromatic N) is 1. The average molecular weight is 274 g/mol. The standard InChI is InChI=1S/C14H14N2O2S/c1-19-14-6-5-11(9-15-14)16-13(18)8-10-3-2-4-12(17)7-10/h2-7,9,17H,8H2,1H3,(H,16,18). The van der Waals surface area contributed by atoms with Gasteiger partial charge in [-0.05, 0) is 36.1 Å². The van der Waals surface area contributed by atoms with Crippen LogP contribution in [0.2, 0.25) is 0 Å². The largest absolute Gasteiger partial charge is 0.508 e. The fourth-order valence-corrected chi connectivity index (χ4v) is 1.99. The van der Waals surface area contributed by atoms with Crippen LogP contribution in [0.25, 0.3) is 0 Å². The number of nitrogens with one attached hydrogen (secondary N) is 1. The highest BCUT2D eigenvalue weighted by Crippen LogP contribution is 2.15. The highest BCUT2D eigenvalue weighted by molar-refractivity contribution is 7.98. The van der Waals surface area contributed by atoms with Gasteiger partial charge in [-0.3, -0.25) is 4.79 Å². The van der Waals surface area contributed by atoms with Gasteiger partial charge >= 0.3 is 0 Å². The number of carbonyl (C=O) groups excluding carboxylic acids is 1. The lowest BCUT2D eigenvalue weighted by Crippen LogP contribution is -2.14. The van der Waals surface area contributed by atoms with Crippen LogP contribution in [0, 0.1) is 0 Å². The van der Waals surface area contributed by atoms with Crippen molar-refractivity contribution in [3.63, 3.8) is 0 Å². The number of aromatic hydroxyl groups is 1. The molecule has 4 nitrogen and oxygen atoms in total. The van der Waals surface area contributed by atoms with E-state index in [1.807, 2.05) is 18.4 Å². The number of phenolic OH excluding ortho intramolecular Hbond substituents is 1. The van der Waals surface area contributed by atoms with E-state index in [0.29, 0.717) is 5.69 Å².